The Hall–Kier alpha value is -2.71. The van der Waals surface area contributed by atoms with Crippen LogP contribution in [0.5, 0.6) is 0 Å². The van der Waals surface area contributed by atoms with Gasteiger partial charge in [-0.05, 0) is 37.3 Å². The van der Waals surface area contributed by atoms with E-state index < -0.39 is 10.0 Å². The summed E-state index contributed by atoms with van der Waals surface area (Å²) >= 11 is 0. The molecule has 3 N–H and O–H groups in total. The number of aromatic nitrogens is 2. The lowest BCUT2D eigenvalue weighted by molar-refractivity contribution is 0.102. The molecule has 8 heteroatoms. The molecule has 3 rings (SSSR count). The van der Waals surface area contributed by atoms with E-state index in [1.54, 1.807) is 12.1 Å². The van der Waals surface area contributed by atoms with E-state index >= 15 is 0 Å². The van der Waals surface area contributed by atoms with E-state index in [-0.39, 0.29) is 12.5 Å². The lowest BCUT2D eigenvalue weighted by Gasteiger charge is -2.08. The molecule has 0 saturated carbocycles. The van der Waals surface area contributed by atoms with Crippen LogP contribution in [0.4, 0.5) is 5.69 Å². The summed E-state index contributed by atoms with van der Waals surface area (Å²) in [5.41, 5.74) is 3.54. The van der Waals surface area contributed by atoms with E-state index in [0.717, 1.165) is 22.9 Å². The van der Waals surface area contributed by atoms with Gasteiger partial charge in [0.1, 0.15) is 0 Å². The fourth-order valence-electron chi connectivity index (χ4n) is 2.52. The zero-order valence-corrected chi connectivity index (χ0v) is 14.6. The van der Waals surface area contributed by atoms with Gasteiger partial charge >= 0.3 is 0 Å². The highest BCUT2D eigenvalue weighted by molar-refractivity contribution is 7.88. The van der Waals surface area contributed by atoms with Crippen LogP contribution in [0.15, 0.2) is 42.6 Å². The fourth-order valence-corrected chi connectivity index (χ4v) is 2.93. The zero-order valence-electron chi connectivity index (χ0n) is 13.8. The van der Waals surface area contributed by atoms with Crippen LogP contribution in [0.2, 0.25) is 0 Å². The van der Waals surface area contributed by atoms with Crippen molar-refractivity contribution in [3.05, 3.63) is 59.5 Å². The third kappa shape index (κ3) is 4.23. The van der Waals surface area contributed by atoms with Crippen LogP contribution in [0.3, 0.4) is 0 Å². The van der Waals surface area contributed by atoms with Gasteiger partial charge in [-0.1, -0.05) is 6.07 Å². The maximum absolute atomic E-state index is 12.5. The molecule has 0 aliphatic carbocycles. The molecule has 1 amide bonds. The summed E-state index contributed by atoms with van der Waals surface area (Å²) in [6.45, 7) is 1.99. The summed E-state index contributed by atoms with van der Waals surface area (Å²) in [5, 5.41) is 3.82. The average Bonchev–Trinajstić information content (AvgIpc) is 2.94. The molecular weight excluding hydrogens is 340 g/mol. The van der Waals surface area contributed by atoms with Gasteiger partial charge in [0.2, 0.25) is 10.0 Å². The topological polar surface area (TPSA) is 104 Å². The first kappa shape index (κ1) is 17.1. The third-order valence-electron chi connectivity index (χ3n) is 3.64. The number of carbonyl (C=O) groups excluding carboxylic acids is 1. The van der Waals surface area contributed by atoms with Crippen LogP contribution >= 0.6 is 0 Å². The number of hydrogen-bond acceptors (Lipinski definition) is 4. The van der Waals surface area contributed by atoms with Gasteiger partial charge in [-0.2, -0.15) is 0 Å². The standard InChI is InChI=1S/C17H18N4O3S/c1-11-8-14-15(20-11)4-3-5-16(14)21-17(22)12-6-7-18-13(9-12)10-19-25(2,23)24/h3-9,19-20H,10H2,1-2H3,(H,21,22). The number of H-pyrrole nitrogens is 1. The van der Waals surface area contributed by atoms with Gasteiger partial charge in [-0.25, -0.2) is 13.1 Å². The highest BCUT2D eigenvalue weighted by Crippen LogP contribution is 2.24. The number of rotatable bonds is 5. The average molecular weight is 358 g/mol. The SMILES string of the molecule is Cc1cc2c(NC(=O)c3ccnc(CNS(C)(=O)=O)c3)cccc2[nH]1. The number of benzene rings is 1. The minimum absolute atomic E-state index is 0.0343. The van der Waals surface area contributed by atoms with Crippen molar-refractivity contribution in [3.8, 4) is 0 Å². The van der Waals surface area contributed by atoms with Gasteiger partial charge in [-0.3, -0.25) is 9.78 Å². The smallest absolute Gasteiger partial charge is 0.255 e. The number of fused-ring (bicyclic) bond motifs is 1. The Morgan fingerprint density at radius 3 is 2.80 bits per heavy atom. The van der Waals surface area contributed by atoms with E-state index in [1.165, 1.54) is 6.20 Å². The van der Waals surface area contributed by atoms with Crippen molar-refractivity contribution in [1.82, 2.24) is 14.7 Å². The summed E-state index contributed by atoms with van der Waals surface area (Å²) in [5.74, 6) is -0.283. The number of carbonyl (C=O) groups is 1. The fraction of sp³-hybridized carbons (Fsp3) is 0.176. The van der Waals surface area contributed by atoms with Crippen LogP contribution in [0.1, 0.15) is 21.7 Å². The quantitative estimate of drug-likeness (QED) is 0.650. The molecule has 3 aromatic rings. The maximum Gasteiger partial charge on any atom is 0.255 e. The molecule has 130 valence electrons. The summed E-state index contributed by atoms with van der Waals surface area (Å²) in [7, 11) is -3.32. The molecule has 2 aromatic heterocycles. The molecule has 1 aromatic carbocycles. The molecule has 0 atom stereocenters. The molecule has 0 saturated heterocycles. The zero-order chi connectivity index (χ0) is 18.0. The van der Waals surface area contributed by atoms with Crippen molar-refractivity contribution in [2.24, 2.45) is 0 Å². The minimum Gasteiger partial charge on any atom is -0.359 e. The Bertz CT molecular complexity index is 1040. The van der Waals surface area contributed by atoms with Crippen molar-refractivity contribution in [2.45, 2.75) is 13.5 Å². The first-order valence-corrected chi connectivity index (χ1v) is 9.50. The molecular formula is C17H18N4O3S. The van der Waals surface area contributed by atoms with Gasteiger partial charge in [0, 0.05) is 28.4 Å². The van der Waals surface area contributed by atoms with E-state index in [4.69, 9.17) is 0 Å². The number of nitrogens with zero attached hydrogens (tertiary/aromatic N) is 1. The summed E-state index contributed by atoms with van der Waals surface area (Å²) in [6, 6.07) is 10.8. The Morgan fingerprint density at radius 1 is 1.24 bits per heavy atom. The Kier molecular flexibility index (Phi) is 4.56. The minimum atomic E-state index is -3.32. The van der Waals surface area contributed by atoms with Gasteiger partial charge in [-0.15, -0.1) is 0 Å². The number of pyridine rings is 1. The van der Waals surface area contributed by atoms with Crippen molar-refractivity contribution in [3.63, 3.8) is 0 Å². The molecule has 2 heterocycles. The van der Waals surface area contributed by atoms with E-state index in [2.05, 4.69) is 20.0 Å². The number of aromatic amines is 1. The molecule has 25 heavy (non-hydrogen) atoms. The molecule has 0 bridgehead atoms. The monoisotopic (exact) mass is 358 g/mol. The van der Waals surface area contributed by atoms with Crippen LogP contribution in [-0.2, 0) is 16.6 Å². The predicted molar refractivity (Wildman–Crippen MR) is 96.9 cm³/mol. The molecule has 0 spiro atoms. The maximum atomic E-state index is 12.5. The number of nitrogens with one attached hydrogen (secondary N) is 3. The molecule has 0 radical (unpaired) electrons. The largest absolute Gasteiger partial charge is 0.359 e. The molecule has 0 aliphatic heterocycles. The number of hydrogen-bond donors (Lipinski definition) is 3. The number of sulfonamides is 1. The second kappa shape index (κ2) is 6.66. The van der Waals surface area contributed by atoms with E-state index in [1.807, 2.05) is 31.2 Å². The molecule has 0 aliphatic rings. The van der Waals surface area contributed by atoms with Crippen LogP contribution in [0.25, 0.3) is 10.9 Å². The van der Waals surface area contributed by atoms with E-state index in [0.29, 0.717) is 16.9 Å². The van der Waals surface area contributed by atoms with Crippen molar-refractivity contribution >= 4 is 32.5 Å². The van der Waals surface area contributed by atoms with Gasteiger partial charge in [0.15, 0.2) is 0 Å². The van der Waals surface area contributed by atoms with Gasteiger partial charge in [0.25, 0.3) is 5.91 Å². The van der Waals surface area contributed by atoms with Crippen molar-refractivity contribution < 1.29 is 13.2 Å². The number of amides is 1. The number of anilines is 1. The highest BCUT2D eigenvalue weighted by atomic mass is 32.2. The Labute approximate surface area is 145 Å². The summed E-state index contributed by atoms with van der Waals surface area (Å²) in [6.07, 6.45) is 2.55. The first-order chi connectivity index (χ1) is 11.8. The normalized spacial score (nSPS) is 11.6. The van der Waals surface area contributed by atoms with Gasteiger partial charge in [0.05, 0.1) is 24.2 Å². The van der Waals surface area contributed by atoms with Crippen molar-refractivity contribution in [1.29, 1.82) is 0 Å². The summed E-state index contributed by atoms with van der Waals surface area (Å²) < 4.78 is 24.7. The lowest BCUT2D eigenvalue weighted by atomic mass is 10.1. The Balaban J connectivity index is 1.81. The highest BCUT2D eigenvalue weighted by Gasteiger charge is 2.11. The molecule has 7 nitrogen and oxygen atoms in total. The third-order valence-corrected chi connectivity index (χ3v) is 4.31. The van der Waals surface area contributed by atoms with Crippen LogP contribution in [0, 0.1) is 6.92 Å². The second-order valence-electron chi connectivity index (χ2n) is 5.80. The lowest BCUT2D eigenvalue weighted by Crippen LogP contribution is -2.22. The summed E-state index contributed by atoms with van der Waals surface area (Å²) in [4.78, 5) is 19.8. The number of aryl methyl sites for hydroxylation is 1. The van der Waals surface area contributed by atoms with Crippen molar-refractivity contribution in [2.75, 3.05) is 11.6 Å². The van der Waals surface area contributed by atoms with Crippen LogP contribution < -0.4 is 10.0 Å². The van der Waals surface area contributed by atoms with Gasteiger partial charge < -0.3 is 10.3 Å². The molecule has 0 unspecified atom stereocenters. The van der Waals surface area contributed by atoms with E-state index in [9.17, 15) is 13.2 Å². The predicted octanol–water partition coefficient (Wildman–Crippen LogP) is 2.17. The first-order valence-electron chi connectivity index (χ1n) is 7.61. The second-order valence-corrected chi connectivity index (χ2v) is 7.64. The molecule has 0 fully saturated rings. The van der Waals surface area contributed by atoms with Crippen LogP contribution in [-0.4, -0.2) is 30.5 Å². The Morgan fingerprint density at radius 2 is 2.04 bits per heavy atom.